The number of rotatable bonds is 8. The summed E-state index contributed by atoms with van der Waals surface area (Å²) < 4.78 is 25.7. The first-order valence-electron chi connectivity index (χ1n) is 12.0. The number of carbonyl (C=O) groups is 1. The number of hydrogen-bond donors (Lipinski definition) is 0. The lowest BCUT2D eigenvalue weighted by Gasteiger charge is -2.40. The first-order chi connectivity index (χ1) is 16.9. The highest BCUT2D eigenvalue weighted by Gasteiger charge is 2.28. The number of nitrogens with zero attached hydrogens (tertiary/aromatic N) is 3. The molecule has 0 aliphatic carbocycles. The lowest BCUT2D eigenvalue weighted by molar-refractivity contribution is -0.133. The number of piperazine rings is 1. The summed E-state index contributed by atoms with van der Waals surface area (Å²) in [7, 11) is -0.406. The molecule has 1 amide bonds. The molecule has 184 valence electrons. The molecule has 1 aliphatic rings. The molecule has 0 aromatic heterocycles. The van der Waals surface area contributed by atoms with Gasteiger partial charge in [-0.2, -0.15) is 0 Å². The van der Waals surface area contributed by atoms with Gasteiger partial charge in [-0.1, -0.05) is 72.8 Å². The quantitative estimate of drug-likeness (QED) is 0.481. The van der Waals surface area contributed by atoms with Crippen molar-refractivity contribution >= 4 is 15.9 Å². The van der Waals surface area contributed by atoms with Crippen molar-refractivity contribution in [3.05, 3.63) is 102 Å². The Morgan fingerprint density at radius 1 is 0.800 bits per heavy atom. The van der Waals surface area contributed by atoms with Gasteiger partial charge in [-0.15, -0.1) is 0 Å². The predicted molar refractivity (Wildman–Crippen MR) is 139 cm³/mol. The largest absolute Gasteiger partial charge is 0.340 e. The average Bonchev–Trinajstić information content (AvgIpc) is 2.89. The number of aryl methyl sites for hydroxylation is 1. The average molecular weight is 492 g/mol. The zero-order valence-electron chi connectivity index (χ0n) is 20.4. The molecule has 35 heavy (non-hydrogen) atoms. The molecule has 3 aromatic carbocycles. The minimum Gasteiger partial charge on any atom is -0.340 e. The van der Waals surface area contributed by atoms with E-state index < -0.39 is 10.0 Å². The minimum absolute atomic E-state index is 0.144. The molecule has 4 rings (SSSR count). The third-order valence-electron chi connectivity index (χ3n) is 6.59. The van der Waals surface area contributed by atoms with Gasteiger partial charge in [0.1, 0.15) is 0 Å². The summed E-state index contributed by atoms with van der Waals surface area (Å²) in [6.45, 7) is 3.04. The van der Waals surface area contributed by atoms with Crippen LogP contribution in [0.4, 0.5) is 0 Å². The lowest BCUT2D eigenvalue weighted by Crippen LogP contribution is -2.49. The van der Waals surface area contributed by atoms with E-state index >= 15 is 0 Å². The maximum Gasteiger partial charge on any atom is 0.242 e. The summed E-state index contributed by atoms with van der Waals surface area (Å²) in [5, 5.41) is 0. The Hall–Kier alpha value is -3.00. The van der Waals surface area contributed by atoms with E-state index in [4.69, 9.17) is 0 Å². The van der Waals surface area contributed by atoms with Crippen molar-refractivity contribution < 1.29 is 13.2 Å². The zero-order chi connectivity index (χ0) is 24.8. The van der Waals surface area contributed by atoms with Gasteiger partial charge in [-0.05, 0) is 35.2 Å². The van der Waals surface area contributed by atoms with Crippen molar-refractivity contribution in [2.45, 2.75) is 23.8 Å². The summed E-state index contributed by atoms with van der Waals surface area (Å²) in [6.07, 6.45) is 1.01. The summed E-state index contributed by atoms with van der Waals surface area (Å²) in [5.74, 6) is 0.144. The molecular weight excluding hydrogens is 458 g/mol. The number of benzene rings is 3. The monoisotopic (exact) mass is 491 g/mol. The molecule has 0 radical (unpaired) electrons. The maximum absolute atomic E-state index is 12.9. The van der Waals surface area contributed by atoms with Gasteiger partial charge >= 0.3 is 0 Å². The Balaban J connectivity index is 1.34. The smallest absolute Gasteiger partial charge is 0.242 e. The molecule has 6 nitrogen and oxygen atoms in total. The topological polar surface area (TPSA) is 60.9 Å². The molecule has 0 spiro atoms. The summed E-state index contributed by atoms with van der Waals surface area (Å²) in [5.41, 5.74) is 3.49. The lowest BCUT2D eigenvalue weighted by atomic mass is 9.96. The normalized spacial score (nSPS) is 15.0. The standard InChI is InChI=1S/C28H33N3O3S/c1-29(2)35(33,34)26-16-13-23(14-17-26)15-18-27(32)30-19-21-31(22-20-30)28(24-9-5-3-6-10-24)25-11-7-4-8-12-25/h3-14,16-17,28H,15,18-22H2,1-2H3. The predicted octanol–water partition coefficient (Wildman–Crippen LogP) is 3.80. The maximum atomic E-state index is 12.9. The van der Waals surface area contributed by atoms with E-state index in [1.807, 2.05) is 17.0 Å². The number of amides is 1. The molecule has 0 N–H and O–H groups in total. The van der Waals surface area contributed by atoms with Gasteiger partial charge in [0.2, 0.25) is 15.9 Å². The van der Waals surface area contributed by atoms with Crippen LogP contribution in [0, 0.1) is 0 Å². The number of hydrogen-bond acceptors (Lipinski definition) is 4. The van der Waals surface area contributed by atoms with E-state index in [2.05, 4.69) is 53.4 Å². The van der Waals surface area contributed by atoms with Crippen LogP contribution in [0.15, 0.2) is 89.8 Å². The summed E-state index contributed by atoms with van der Waals surface area (Å²) in [4.78, 5) is 17.6. The van der Waals surface area contributed by atoms with E-state index in [0.29, 0.717) is 25.9 Å². The highest BCUT2D eigenvalue weighted by atomic mass is 32.2. The highest BCUT2D eigenvalue weighted by molar-refractivity contribution is 7.89. The fourth-order valence-electron chi connectivity index (χ4n) is 4.56. The van der Waals surface area contributed by atoms with Crippen molar-refractivity contribution in [3.63, 3.8) is 0 Å². The third-order valence-corrected chi connectivity index (χ3v) is 8.42. The molecule has 0 atom stereocenters. The molecular formula is C28H33N3O3S. The van der Waals surface area contributed by atoms with Gasteiger partial charge < -0.3 is 4.90 Å². The van der Waals surface area contributed by atoms with Crippen LogP contribution < -0.4 is 0 Å². The molecule has 1 fully saturated rings. The van der Waals surface area contributed by atoms with Gasteiger partial charge in [0.25, 0.3) is 0 Å². The Morgan fingerprint density at radius 3 is 1.80 bits per heavy atom. The number of sulfonamides is 1. The van der Waals surface area contributed by atoms with Crippen LogP contribution in [0.1, 0.15) is 29.2 Å². The van der Waals surface area contributed by atoms with E-state index in [1.54, 1.807) is 24.3 Å². The Labute approximate surface area is 208 Å². The highest BCUT2D eigenvalue weighted by Crippen LogP contribution is 2.29. The molecule has 3 aromatic rings. The SMILES string of the molecule is CN(C)S(=O)(=O)c1ccc(CCC(=O)N2CCN(C(c3ccccc3)c3ccccc3)CC2)cc1. The fraction of sp³-hybridized carbons (Fsp3) is 0.321. The third kappa shape index (κ3) is 5.99. The summed E-state index contributed by atoms with van der Waals surface area (Å²) in [6, 6.07) is 28.1. The van der Waals surface area contributed by atoms with Crippen molar-refractivity contribution in [2.75, 3.05) is 40.3 Å². The van der Waals surface area contributed by atoms with Gasteiger partial charge in [0.05, 0.1) is 10.9 Å². The van der Waals surface area contributed by atoms with Crippen LogP contribution in [-0.2, 0) is 21.2 Å². The molecule has 0 saturated carbocycles. The van der Waals surface area contributed by atoms with E-state index in [9.17, 15) is 13.2 Å². The van der Waals surface area contributed by atoms with Crippen LogP contribution in [0.2, 0.25) is 0 Å². The molecule has 0 bridgehead atoms. The van der Waals surface area contributed by atoms with Gasteiger partial charge in [0, 0.05) is 46.7 Å². The molecule has 0 unspecified atom stereocenters. The van der Waals surface area contributed by atoms with Crippen molar-refractivity contribution in [1.82, 2.24) is 14.1 Å². The summed E-state index contributed by atoms with van der Waals surface area (Å²) >= 11 is 0. The van der Waals surface area contributed by atoms with Crippen LogP contribution in [0.25, 0.3) is 0 Å². The fourth-order valence-corrected chi connectivity index (χ4v) is 5.46. The second kappa shape index (κ2) is 11.2. The van der Waals surface area contributed by atoms with Crippen molar-refractivity contribution in [3.8, 4) is 0 Å². The molecule has 1 aliphatic heterocycles. The van der Waals surface area contributed by atoms with Crippen LogP contribution in [0.3, 0.4) is 0 Å². The van der Waals surface area contributed by atoms with Crippen molar-refractivity contribution in [1.29, 1.82) is 0 Å². The van der Waals surface area contributed by atoms with Crippen LogP contribution in [0.5, 0.6) is 0 Å². The van der Waals surface area contributed by atoms with E-state index in [0.717, 1.165) is 18.7 Å². The first kappa shape index (κ1) is 25.1. The van der Waals surface area contributed by atoms with Crippen LogP contribution in [-0.4, -0.2) is 68.7 Å². The van der Waals surface area contributed by atoms with Gasteiger partial charge in [-0.3, -0.25) is 9.69 Å². The Kier molecular flexibility index (Phi) is 8.00. The Morgan fingerprint density at radius 2 is 1.31 bits per heavy atom. The van der Waals surface area contributed by atoms with Crippen LogP contribution >= 0.6 is 0 Å². The first-order valence-corrected chi connectivity index (χ1v) is 13.4. The second-order valence-corrected chi connectivity index (χ2v) is 11.2. The molecule has 1 saturated heterocycles. The molecule has 7 heteroatoms. The minimum atomic E-state index is -3.44. The Bertz CT molecular complexity index is 1170. The van der Waals surface area contributed by atoms with Crippen molar-refractivity contribution in [2.24, 2.45) is 0 Å². The number of carbonyl (C=O) groups excluding carboxylic acids is 1. The zero-order valence-corrected chi connectivity index (χ0v) is 21.2. The van der Waals surface area contributed by atoms with Gasteiger partial charge in [-0.25, -0.2) is 12.7 Å². The van der Waals surface area contributed by atoms with E-state index in [1.165, 1.54) is 29.5 Å². The second-order valence-electron chi connectivity index (χ2n) is 9.07. The van der Waals surface area contributed by atoms with E-state index in [-0.39, 0.29) is 16.8 Å². The molecule has 1 heterocycles. The van der Waals surface area contributed by atoms with Gasteiger partial charge in [0.15, 0.2) is 0 Å².